The van der Waals surface area contributed by atoms with Crippen molar-refractivity contribution in [1.82, 2.24) is 4.90 Å². The second kappa shape index (κ2) is 7.37. The first-order valence-electron chi connectivity index (χ1n) is 7.77. The van der Waals surface area contributed by atoms with Gasteiger partial charge in [-0.3, -0.25) is 4.79 Å². The Bertz CT molecular complexity index is 886. The highest BCUT2D eigenvalue weighted by atomic mass is 16.3. The molecule has 0 radical (unpaired) electrons. The topological polar surface area (TPSA) is 108 Å². The quantitative estimate of drug-likeness (QED) is 0.835. The first kappa shape index (κ1) is 17.8. The van der Waals surface area contributed by atoms with Crippen molar-refractivity contribution in [2.45, 2.75) is 13.8 Å². The summed E-state index contributed by atoms with van der Waals surface area (Å²) < 4.78 is 0. The van der Waals surface area contributed by atoms with Gasteiger partial charge in [0.05, 0.1) is 11.6 Å². The summed E-state index contributed by atoms with van der Waals surface area (Å²) in [5.74, 6) is -1.20. The Morgan fingerprint density at radius 3 is 2.16 bits per heavy atom. The molecule has 0 heterocycles. The number of benzene rings is 2. The summed E-state index contributed by atoms with van der Waals surface area (Å²) in [6.07, 6.45) is 0. The molecule has 1 amide bonds. The van der Waals surface area contributed by atoms with Gasteiger partial charge in [0.1, 0.15) is 11.6 Å². The van der Waals surface area contributed by atoms with Gasteiger partial charge in [-0.15, -0.1) is 0 Å². The van der Waals surface area contributed by atoms with Crippen molar-refractivity contribution in [3.05, 3.63) is 47.0 Å². The number of carbonyl (C=O) groups excluding carboxylic acids is 1. The Morgan fingerprint density at radius 2 is 1.68 bits per heavy atom. The molecule has 126 valence electrons. The second-order valence-corrected chi connectivity index (χ2v) is 5.32. The second-order valence-electron chi connectivity index (χ2n) is 5.32. The van der Waals surface area contributed by atoms with E-state index in [-0.39, 0.29) is 22.6 Å². The van der Waals surface area contributed by atoms with Crippen molar-refractivity contribution in [3.8, 4) is 34.8 Å². The van der Waals surface area contributed by atoms with Crippen LogP contribution in [-0.4, -0.2) is 34.1 Å². The summed E-state index contributed by atoms with van der Waals surface area (Å²) in [7, 11) is 0. The van der Waals surface area contributed by atoms with Crippen LogP contribution in [0.25, 0.3) is 11.1 Å². The summed E-state index contributed by atoms with van der Waals surface area (Å²) >= 11 is 0. The molecular weight excluding hydrogens is 318 g/mol. The zero-order valence-electron chi connectivity index (χ0n) is 13.9. The third-order valence-corrected chi connectivity index (χ3v) is 3.98. The van der Waals surface area contributed by atoms with Gasteiger partial charge in [0.15, 0.2) is 11.5 Å². The van der Waals surface area contributed by atoms with E-state index in [4.69, 9.17) is 0 Å². The number of nitrogens with zero attached hydrogens (tertiary/aromatic N) is 3. The van der Waals surface area contributed by atoms with Crippen LogP contribution in [0.2, 0.25) is 0 Å². The molecule has 0 saturated carbocycles. The van der Waals surface area contributed by atoms with Gasteiger partial charge in [0, 0.05) is 30.3 Å². The molecule has 0 aliphatic carbocycles. The molecule has 0 spiro atoms. The highest BCUT2D eigenvalue weighted by Gasteiger charge is 2.19. The van der Waals surface area contributed by atoms with Crippen molar-refractivity contribution >= 4 is 5.91 Å². The lowest BCUT2D eigenvalue weighted by Crippen LogP contribution is -2.30. The van der Waals surface area contributed by atoms with E-state index in [0.29, 0.717) is 24.2 Å². The van der Waals surface area contributed by atoms with Crippen molar-refractivity contribution < 1.29 is 15.0 Å². The maximum Gasteiger partial charge on any atom is 0.253 e. The maximum atomic E-state index is 12.3. The molecule has 0 saturated heterocycles. The Kier molecular flexibility index (Phi) is 5.26. The Labute approximate surface area is 145 Å². The number of carbonyl (C=O) groups is 1. The molecule has 2 aromatic rings. The van der Waals surface area contributed by atoms with Crippen LogP contribution >= 0.6 is 0 Å². The lowest BCUT2D eigenvalue weighted by molar-refractivity contribution is 0.0773. The van der Waals surface area contributed by atoms with E-state index in [0.717, 1.165) is 6.07 Å². The van der Waals surface area contributed by atoms with E-state index in [9.17, 15) is 25.5 Å². The molecule has 0 fully saturated rings. The van der Waals surface area contributed by atoms with Gasteiger partial charge in [-0.05, 0) is 31.5 Å². The fraction of sp³-hybridized carbons (Fsp3) is 0.211. The van der Waals surface area contributed by atoms with Crippen molar-refractivity contribution in [3.63, 3.8) is 0 Å². The van der Waals surface area contributed by atoms with Gasteiger partial charge >= 0.3 is 0 Å². The molecule has 6 nitrogen and oxygen atoms in total. The minimum absolute atomic E-state index is 0.0645. The molecule has 25 heavy (non-hydrogen) atoms. The number of hydrogen-bond acceptors (Lipinski definition) is 5. The molecule has 0 aliphatic heterocycles. The molecule has 2 rings (SSSR count). The lowest BCUT2D eigenvalue weighted by atomic mass is 9.93. The average Bonchev–Trinajstić information content (AvgIpc) is 2.64. The van der Waals surface area contributed by atoms with Gasteiger partial charge in [0.2, 0.25) is 0 Å². The van der Waals surface area contributed by atoms with Crippen LogP contribution in [-0.2, 0) is 0 Å². The third-order valence-electron chi connectivity index (χ3n) is 3.98. The number of phenols is 2. The van der Waals surface area contributed by atoms with Gasteiger partial charge in [-0.2, -0.15) is 10.5 Å². The smallest absolute Gasteiger partial charge is 0.253 e. The SMILES string of the molecule is CCN(CC)C(=O)c1ccc(-c2c(C#N)cc(O)c(O)c2C#N)cc1. The first-order chi connectivity index (χ1) is 12.0. The zero-order chi connectivity index (χ0) is 18.6. The van der Waals surface area contributed by atoms with Gasteiger partial charge in [0.25, 0.3) is 5.91 Å². The molecule has 0 aliphatic rings. The Hall–Kier alpha value is -3.51. The predicted molar refractivity (Wildman–Crippen MR) is 91.9 cm³/mol. The van der Waals surface area contributed by atoms with Crippen LogP contribution in [0.15, 0.2) is 30.3 Å². The minimum Gasteiger partial charge on any atom is -0.504 e. The minimum atomic E-state index is -0.570. The van der Waals surface area contributed by atoms with Gasteiger partial charge in [-0.1, -0.05) is 12.1 Å². The molecule has 2 aromatic carbocycles. The lowest BCUT2D eigenvalue weighted by Gasteiger charge is -2.18. The monoisotopic (exact) mass is 335 g/mol. The van der Waals surface area contributed by atoms with Crippen molar-refractivity contribution in [2.24, 2.45) is 0 Å². The number of hydrogen-bond donors (Lipinski definition) is 2. The Morgan fingerprint density at radius 1 is 1.08 bits per heavy atom. The van der Waals surface area contributed by atoms with Gasteiger partial charge < -0.3 is 15.1 Å². The maximum absolute atomic E-state index is 12.3. The third kappa shape index (κ3) is 3.24. The van der Waals surface area contributed by atoms with E-state index < -0.39 is 11.5 Å². The van der Waals surface area contributed by atoms with Crippen LogP contribution in [0.3, 0.4) is 0 Å². The average molecular weight is 335 g/mol. The van der Waals surface area contributed by atoms with Crippen LogP contribution < -0.4 is 0 Å². The molecule has 0 atom stereocenters. The Balaban J connectivity index is 2.55. The standard InChI is InChI=1S/C19H17N3O3/c1-3-22(4-2)19(25)13-7-5-12(6-8-13)17-14(10-20)9-16(23)18(24)15(17)11-21/h5-9,23-24H,3-4H2,1-2H3. The van der Waals surface area contributed by atoms with Crippen molar-refractivity contribution in [2.75, 3.05) is 13.1 Å². The number of amides is 1. The van der Waals surface area contributed by atoms with Crippen molar-refractivity contribution in [1.29, 1.82) is 10.5 Å². The summed E-state index contributed by atoms with van der Waals surface area (Å²) in [5, 5.41) is 38.1. The largest absolute Gasteiger partial charge is 0.504 e. The predicted octanol–water partition coefficient (Wildman–Crippen LogP) is 2.99. The number of nitriles is 2. The summed E-state index contributed by atoms with van der Waals surface area (Å²) in [6, 6.07) is 11.3. The zero-order valence-corrected chi connectivity index (χ0v) is 13.9. The fourth-order valence-electron chi connectivity index (χ4n) is 2.63. The van der Waals surface area contributed by atoms with Crippen LogP contribution in [0, 0.1) is 22.7 Å². The van der Waals surface area contributed by atoms with Crippen LogP contribution in [0.1, 0.15) is 35.3 Å². The normalized spacial score (nSPS) is 9.92. The molecule has 0 unspecified atom stereocenters. The first-order valence-corrected chi connectivity index (χ1v) is 7.77. The molecule has 0 bridgehead atoms. The molecular formula is C19H17N3O3. The number of rotatable bonds is 4. The molecule has 2 N–H and O–H groups in total. The number of aromatic hydroxyl groups is 2. The van der Waals surface area contributed by atoms with E-state index in [1.165, 1.54) is 0 Å². The summed E-state index contributed by atoms with van der Waals surface area (Å²) in [6.45, 7) is 4.99. The fourth-order valence-corrected chi connectivity index (χ4v) is 2.63. The number of phenolic OH excluding ortho intramolecular Hbond substituents is 2. The van der Waals surface area contributed by atoms with E-state index in [1.807, 2.05) is 26.0 Å². The molecule has 0 aromatic heterocycles. The summed E-state index contributed by atoms with van der Waals surface area (Å²) in [4.78, 5) is 14.0. The van der Waals surface area contributed by atoms with Crippen LogP contribution in [0.5, 0.6) is 11.5 Å². The highest BCUT2D eigenvalue weighted by molar-refractivity contribution is 5.95. The molecule has 6 heteroatoms. The van der Waals surface area contributed by atoms with Gasteiger partial charge in [-0.25, -0.2) is 0 Å². The summed E-state index contributed by atoms with van der Waals surface area (Å²) in [5.41, 5.74) is 1.10. The highest BCUT2D eigenvalue weighted by Crippen LogP contribution is 2.39. The van der Waals surface area contributed by atoms with E-state index in [2.05, 4.69) is 0 Å². The van der Waals surface area contributed by atoms with E-state index >= 15 is 0 Å². The van der Waals surface area contributed by atoms with Crippen LogP contribution in [0.4, 0.5) is 0 Å². The van der Waals surface area contributed by atoms with E-state index in [1.54, 1.807) is 29.2 Å².